The summed E-state index contributed by atoms with van der Waals surface area (Å²) in [5.41, 5.74) is 8.84. The number of aromatic nitrogens is 1. The minimum Gasteiger partial charge on any atom is -0.327 e. The number of nitrogens with one attached hydrogen (secondary N) is 1. The van der Waals surface area contributed by atoms with E-state index in [2.05, 4.69) is 10.3 Å². The van der Waals surface area contributed by atoms with Crippen molar-refractivity contribution in [2.75, 3.05) is 5.32 Å². The summed E-state index contributed by atoms with van der Waals surface area (Å²) in [5.74, 6) is 0.373. The third kappa shape index (κ3) is 3.54. The molecule has 0 bridgehead atoms. The lowest BCUT2D eigenvalue weighted by molar-refractivity contribution is -0.117. The monoisotopic (exact) mass is 315 g/mol. The SMILES string of the molecule is Cc1nc(-c2cccc(NC(=O)C[C@@H]3CCC[C@H]3N)c2)cs1. The molecule has 1 heterocycles. The standard InChI is InChI=1S/C17H21N3OS/c1-11-19-16(10-22-11)13-5-2-6-14(8-13)20-17(21)9-12-4-3-7-15(12)18/h2,5-6,8,10,12,15H,3-4,7,9,18H2,1H3,(H,20,21)/t12-,15+/m0/s1. The Morgan fingerprint density at radius 3 is 3.00 bits per heavy atom. The molecule has 0 spiro atoms. The highest BCUT2D eigenvalue weighted by molar-refractivity contribution is 7.09. The van der Waals surface area contributed by atoms with Gasteiger partial charge in [-0.2, -0.15) is 0 Å². The minimum absolute atomic E-state index is 0.0500. The number of hydrogen-bond donors (Lipinski definition) is 2. The second-order valence-electron chi connectivity index (χ2n) is 5.94. The minimum atomic E-state index is 0.0500. The largest absolute Gasteiger partial charge is 0.327 e. The summed E-state index contributed by atoms with van der Waals surface area (Å²) in [6.45, 7) is 1.99. The van der Waals surface area contributed by atoms with Gasteiger partial charge < -0.3 is 11.1 Å². The van der Waals surface area contributed by atoms with Crippen LogP contribution in [-0.2, 0) is 4.79 Å². The smallest absolute Gasteiger partial charge is 0.224 e. The van der Waals surface area contributed by atoms with Crippen LogP contribution in [0.4, 0.5) is 5.69 Å². The van der Waals surface area contributed by atoms with Gasteiger partial charge in [-0.25, -0.2) is 4.98 Å². The summed E-state index contributed by atoms with van der Waals surface area (Å²) < 4.78 is 0. The summed E-state index contributed by atoms with van der Waals surface area (Å²) >= 11 is 1.63. The molecular weight excluding hydrogens is 294 g/mol. The third-order valence-corrected chi connectivity index (χ3v) is 5.00. The van der Waals surface area contributed by atoms with Crippen molar-refractivity contribution in [3.8, 4) is 11.3 Å². The van der Waals surface area contributed by atoms with Gasteiger partial charge in [0, 0.05) is 29.1 Å². The van der Waals surface area contributed by atoms with Gasteiger partial charge in [0.1, 0.15) is 0 Å². The molecule has 5 heteroatoms. The molecule has 2 atom stereocenters. The molecule has 0 radical (unpaired) electrons. The summed E-state index contributed by atoms with van der Waals surface area (Å²) in [4.78, 5) is 16.7. The fourth-order valence-electron chi connectivity index (χ4n) is 3.02. The lowest BCUT2D eigenvalue weighted by atomic mass is 10.00. The Morgan fingerprint density at radius 2 is 2.32 bits per heavy atom. The molecule has 1 aliphatic rings. The average molecular weight is 315 g/mol. The van der Waals surface area contributed by atoms with Gasteiger partial charge in [-0.15, -0.1) is 11.3 Å². The van der Waals surface area contributed by atoms with Crippen LogP contribution in [0.15, 0.2) is 29.6 Å². The van der Waals surface area contributed by atoms with Gasteiger partial charge in [0.2, 0.25) is 5.91 Å². The van der Waals surface area contributed by atoms with Gasteiger partial charge in [0.25, 0.3) is 0 Å². The van der Waals surface area contributed by atoms with Gasteiger partial charge in [0.15, 0.2) is 0 Å². The summed E-state index contributed by atoms with van der Waals surface area (Å²) in [6, 6.07) is 8.02. The van der Waals surface area contributed by atoms with Crippen LogP contribution in [0.2, 0.25) is 0 Å². The molecule has 3 rings (SSSR count). The maximum Gasteiger partial charge on any atom is 0.224 e. The van der Waals surface area contributed by atoms with Crippen LogP contribution in [0.25, 0.3) is 11.3 Å². The molecule has 0 saturated heterocycles. The topological polar surface area (TPSA) is 68.0 Å². The number of hydrogen-bond acceptors (Lipinski definition) is 4. The highest BCUT2D eigenvalue weighted by atomic mass is 32.1. The fourth-order valence-corrected chi connectivity index (χ4v) is 3.64. The van der Waals surface area contributed by atoms with E-state index in [-0.39, 0.29) is 11.9 Å². The molecule has 1 aromatic carbocycles. The maximum atomic E-state index is 12.2. The number of carbonyl (C=O) groups is 1. The quantitative estimate of drug-likeness (QED) is 0.906. The zero-order valence-electron chi connectivity index (χ0n) is 12.7. The zero-order valence-corrected chi connectivity index (χ0v) is 13.5. The van der Waals surface area contributed by atoms with E-state index in [1.165, 1.54) is 0 Å². The van der Waals surface area contributed by atoms with Crippen molar-refractivity contribution < 1.29 is 4.79 Å². The van der Waals surface area contributed by atoms with E-state index in [0.717, 1.165) is 41.2 Å². The van der Waals surface area contributed by atoms with E-state index in [9.17, 15) is 4.79 Å². The van der Waals surface area contributed by atoms with Crippen molar-refractivity contribution in [1.29, 1.82) is 0 Å². The first-order valence-corrected chi connectivity index (χ1v) is 8.58. The van der Waals surface area contributed by atoms with Crippen LogP contribution < -0.4 is 11.1 Å². The van der Waals surface area contributed by atoms with Crippen LogP contribution in [0.5, 0.6) is 0 Å². The molecule has 1 saturated carbocycles. The van der Waals surface area contributed by atoms with Crippen molar-refractivity contribution in [2.24, 2.45) is 11.7 Å². The second kappa shape index (κ2) is 6.58. The van der Waals surface area contributed by atoms with Crippen molar-refractivity contribution in [1.82, 2.24) is 4.98 Å². The molecule has 1 aromatic heterocycles. The summed E-state index contributed by atoms with van der Waals surface area (Å²) in [7, 11) is 0. The Kier molecular flexibility index (Phi) is 4.55. The molecular formula is C17H21N3OS. The predicted molar refractivity (Wildman–Crippen MR) is 90.9 cm³/mol. The molecule has 1 amide bonds. The van der Waals surface area contributed by atoms with E-state index in [0.29, 0.717) is 12.3 Å². The van der Waals surface area contributed by atoms with E-state index < -0.39 is 0 Å². The zero-order chi connectivity index (χ0) is 15.5. The van der Waals surface area contributed by atoms with E-state index >= 15 is 0 Å². The number of carbonyl (C=O) groups excluding carboxylic acids is 1. The van der Waals surface area contributed by atoms with Crippen molar-refractivity contribution in [3.05, 3.63) is 34.7 Å². The highest BCUT2D eigenvalue weighted by Crippen LogP contribution is 2.28. The average Bonchev–Trinajstić information content (AvgIpc) is 3.09. The van der Waals surface area contributed by atoms with Gasteiger partial charge >= 0.3 is 0 Å². The van der Waals surface area contributed by atoms with Crippen LogP contribution in [0, 0.1) is 12.8 Å². The van der Waals surface area contributed by atoms with E-state index in [1.807, 2.05) is 36.6 Å². The molecule has 1 fully saturated rings. The van der Waals surface area contributed by atoms with Crippen LogP contribution in [-0.4, -0.2) is 16.9 Å². The number of benzene rings is 1. The Hall–Kier alpha value is -1.72. The molecule has 3 N–H and O–H groups in total. The fraction of sp³-hybridized carbons (Fsp3) is 0.412. The van der Waals surface area contributed by atoms with Gasteiger partial charge in [-0.3, -0.25) is 4.79 Å². The van der Waals surface area contributed by atoms with Crippen molar-refractivity contribution >= 4 is 22.9 Å². The molecule has 2 aromatic rings. The lowest BCUT2D eigenvalue weighted by Crippen LogP contribution is -2.28. The number of nitrogens with zero attached hydrogens (tertiary/aromatic N) is 1. The Bertz CT molecular complexity index is 667. The Morgan fingerprint density at radius 1 is 1.45 bits per heavy atom. The first kappa shape index (κ1) is 15.2. The number of nitrogens with two attached hydrogens (primary N) is 1. The number of anilines is 1. The highest BCUT2D eigenvalue weighted by Gasteiger charge is 2.26. The molecule has 4 nitrogen and oxygen atoms in total. The number of rotatable bonds is 4. The normalized spacial score (nSPS) is 21.0. The van der Waals surface area contributed by atoms with Crippen molar-refractivity contribution in [2.45, 2.75) is 38.6 Å². The summed E-state index contributed by atoms with van der Waals surface area (Å²) in [5, 5.41) is 6.06. The molecule has 1 aliphatic carbocycles. The first-order chi connectivity index (χ1) is 10.6. The van der Waals surface area contributed by atoms with E-state index in [1.54, 1.807) is 11.3 Å². The number of thiazole rings is 1. The number of aryl methyl sites for hydroxylation is 1. The van der Waals surface area contributed by atoms with Gasteiger partial charge in [-0.1, -0.05) is 18.6 Å². The lowest BCUT2D eigenvalue weighted by Gasteiger charge is -2.15. The second-order valence-corrected chi connectivity index (χ2v) is 7.00. The maximum absolute atomic E-state index is 12.2. The van der Waals surface area contributed by atoms with E-state index in [4.69, 9.17) is 5.73 Å². The Balaban J connectivity index is 1.66. The van der Waals surface area contributed by atoms with Crippen molar-refractivity contribution in [3.63, 3.8) is 0 Å². The molecule has 0 aliphatic heterocycles. The number of amides is 1. The van der Waals surface area contributed by atoms with Crippen LogP contribution >= 0.6 is 11.3 Å². The predicted octanol–water partition coefficient (Wildman–Crippen LogP) is 3.57. The van der Waals surface area contributed by atoms with Gasteiger partial charge in [-0.05, 0) is 37.8 Å². The summed E-state index contributed by atoms with van der Waals surface area (Å²) in [6.07, 6.45) is 3.75. The molecule has 116 valence electrons. The van der Waals surface area contributed by atoms with Crippen LogP contribution in [0.3, 0.4) is 0 Å². The molecule has 0 unspecified atom stereocenters. The third-order valence-electron chi connectivity index (χ3n) is 4.23. The first-order valence-electron chi connectivity index (χ1n) is 7.70. The Labute approximate surface area is 134 Å². The molecule has 22 heavy (non-hydrogen) atoms. The van der Waals surface area contributed by atoms with Gasteiger partial charge in [0.05, 0.1) is 10.7 Å². The van der Waals surface area contributed by atoms with Crippen LogP contribution in [0.1, 0.15) is 30.7 Å².